The van der Waals surface area contributed by atoms with Gasteiger partial charge in [0, 0.05) is 0 Å². The van der Waals surface area contributed by atoms with Gasteiger partial charge in [-0.25, -0.2) is 0 Å². The van der Waals surface area contributed by atoms with Crippen LogP contribution in [0.1, 0.15) is 27.2 Å². The lowest BCUT2D eigenvalue weighted by molar-refractivity contribution is -0.164. The van der Waals surface area contributed by atoms with Gasteiger partial charge in [-0.15, -0.1) is 0 Å². The molecule has 0 radical (unpaired) electrons. The summed E-state index contributed by atoms with van der Waals surface area (Å²) in [6.07, 6.45) is -0.484. The number of hydrogen-bond acceptors (Lipinski definition) is 6. The molecule has 0 saturated carbocycles. The van der Waals surface area contributed by atoms with Crippen LogP contribution in [0.5, 0.6) is 0 Å². The van der Waals surface area contributed by atoms with Gasteiger partial charge in [0.25, 0.3) is 0 Å². The molecule has 0 aromatic rings. The van der Waals surface area contributed by atoms with Gasteiger partial charge in [-0.1, -0.05) is 0 Å². The van der Waals surface area contributed by atoms with E-state index < -0.39 is 35.8 Å². The van der Waals surface area contributed by atoms with Gasteiger partial charge in [0.2, 0.25) is 5.92 Å². The van der Waals surface area contributed by atoms with E-state index in [-0.39, 0.29) is 13.2 Å². The second-order valence-corrected chi connectivity index (χ2v) is 3.28. The maximum atomic E-state index is 11.6. The van der Waals surface area contributed by atoms with Crippen LogP contribution >= 0.6 is 0 Å². The number of ketones is 2. The molecule has 6 heteroatoms. The van der Waals surface area contributed by atoms with Crippen molar-refractivity contribution in [3.63, 3.8) is 0 Å². The zero-order valence-electron chi connectivity index (χ0n) is 10.1. The molecule has 0 atom stereocenters. The molecule has 0 saturated heterocycles. The average Bonchev–Trinajstić information content (AvgIpc) is 2.17. The van der Waals surface area contributed by atoms with Gasteiger partial charge in [-0.3, -0.25) is 19.2 Å². The minimum Gasteiger partial charge on any atom is -0.465 e. The third kappa shape index (κ3) is 5.24. The maximum absolute atomic E-state index is 11.6. The summed E-state index contributed by atoms with van der Waals surface area (Å²) in [7, 11) is 0. The van der Waals surface area contributed by atoms with Crippen LogP contribution in [0.2, 0.25) is 0 Å². The molecule has 0 aromatic heterocycles. The molecule has 0 aromatic carbocycles. The second-order valence-electron chi connectivity index (χ2n) is 3.28. The van der Waals surface area contributed by atoms with E-state index in [1.54, 1.807) is 13.8 Å². The Bertz CT molecular complexity index is 302. The normalized spacial score (nSPS) is 9.88. The molecule has 0 bridgehead atoms. The Morgan fingerprint density at radius 2 is 1.35 bits per heavy atom. The summed E-state index contributed by atoms with van der Waals surface area (Å²) < 4.78 is 9.20. The Kier molecular flexibility index (Phi) is 6.77. The molecular formula is C11H16O6. The molecular weight excluding hydrogens is 228 g/mol. The molecule has 0 spiro atoms. The van der Waals surface area contributed by atoms with Crippen molar-refractivity contribution in [2.24, 2.45) is 5.92 Å². The summed E-state index contributed by atoms with van der Waals surface area (Å²) in [5.74, 6) is -4.82. The lowest BCUT2D eigenvalue weighted by Crippen LogP contribution is -2.35. The van der Waals surface area contributed by atoms with Crippen LogP contribution < -0.4 is 0 Å². The van der Waals surface area contributed by atoms with E-state index in [1.807, 2.05) is 0 Å². The minimum atomic E-state index is -1.65. The summed E-state index contributed by atoms with van der Waals surface area (Å²) in [6, 6.07) is 0. The van der Waals surface area contributed by atoms with Crippen molar-refractivity contribution in [3.8, 4) is 0 Å². The molecule has 0 aliphatic heterocycles. The van der Waals surface area contributed by atoms with E-state index >= 15 is 0 Å². The average molecular weight is 244 g/mol. The molecule has 96 valence electrons. The standard InChI is InChI=1S/C11H16O6/c1-4-16-10(14)9(11(15)17-5-2)8(13)6-7(3)12/h9H,4-6H2,1-3H3. The Hall–Kier alpha value is -1.72. The molecule has 0 aliphatic carbocycles. The van der Waals surface area contributed by atoms with Gasteiger partial charge in [-0.05, 0) is 20.8 Å². The summed E-state index contributed by atoms with van der Waals surface area (Å²) in [6.45, 7) is 4.39. The highest BCUT2D eigenvalue weighted by Crippen LogP contribution is 2.08. The van der Waals surface area contributed by atoms with E-state index in [9.17, 15) is 19.2 Å². The van der Waals surface area contributed by atoms with Gasteiger partial charge < -0.3 is 9.47 Å². The van der Waals surface area contributed by atoms with E-state index in [2.05, 4.69) is 9.47 Å². The second kappa shape index (κ2) is 7.54. The fourth-order valence-corrected chi connectivity index (χ4v) is 1.16. The number of hydrogen-bond donors (Lipinski definition) is 0. The van der Waals surface area contributed by atoms with Crippen molar-refractivity contribution >= 4 is 23.5 Å². The van der Waals surface area contributed by atoms with Crippen LogP contribution in [0.15, 0.2) is 0 Å². The third-order valence-electron chi connectivity index (χ3n) is 1.79. The molecule has 0 N–H and O–H groups in total. The molecule has 6 nitrogen and oxygen atoms in total. The van der Waals surface area contributed by atoms with Crippen LogP contribution in [0, 0.1) is 5.92 Å². The summed E-state index contributed by atoms with van der Waals surface area (Å²) in [4.78, 5) is 45.2. The van der Waals surface area contributed by atoms with Gasteiger partial charge in [0.15, 0.2) is 5.78 Å². The molecule has 0 aliphatic rings. The minimum absolute atomic E-state index is 0.0437. The lowest BCUT2D eigenvalue weighted by Gasteiger charge is -2.12. The van der Waals surface area contributed by atoms with Gasteiger partial charge >= 0.3 is 11.9 Å². The number of esters is 2. The van der Waals surface area contributed by atoms with E-state index in [1.165, 1.54) is 6.92 Å². The number of carbonyl (C=O) groups excluding carboxylic acids is 4. The largest absolute Gasteiger partial charge is 0.465 e. The van der Waals surface area contributed by atoms with Gasteiger partial charge in [-0.2, -0.15) is 0 Å². The highest BCUT2D eigenvalue weighted by atomic mass is 16.6. The fourth-order valence-electron chi connectivity index (χ4n) is 1.16. The number of Topliss-reactive ketones (excluding diaryl/α,β-unsaturated/α-hetero) is 2. The first-order valence-corrected chi connectivity index (χ1v) is 5.29. The first-order valence-electron chi connectivity index (χ1n) is 5.29. The maximum Gasteiger partial charge on any atom is 0.328 e. The summed E-state index contributed by atoms with van der Waals surface area (Å²) in [5.41, 5.74) is 0. The van der Waals surface area contributed by atoms with E-state index in [0.29, 0.717) is 0 Å². The SMILES string of the molecule is CCOC(=O)C(C(=O)CC(C)=O)C(=O)OCC. The highest BCUT2D eigenvalue weighted by Gasteiger charge is 2.36. The smallest absolute Gasteiger partial charge is 0.328 e. The predicted molar refractivity (Wildman–Crippen MR) is 57.1 cm³/mol. The summed E-state index contributed by atoms with van der Waals surface area (Å²) >= 11 is 0. The number of rotatable bonds is 7. The first kappa shape index (κ1) is 15.3. The zero-order valence-corrected chi connectivity index (χ0v) is 10.1. The monoisotopic (exact) mass is 244 g/mol. The quantitative estimate of drug-likeness (QED) is 0.472. The van der Waals surface area contributed by atoms with Crippen molar-refractivity contribution in [1.29, 1.82) is 0 Å². The van der Waals surface area contributed by atoms with Crippen LogP contribution in [0.3, 0.4) is 0 Å². The topological polar surface area (TPSA) is 86.7 Å². The molecule has 17 heavy (non-hydrogen) atoms. The fraction of sp³-hybridized carbons (Fsp3) is 0.636. The van der Waals surface area contributed by atoms with E-state index in [4.69, 9.17) is 0 Å². The summed E-state index contributed by atoms with van der Waals surface area (Å²) in [5, 5.41) is 0. The number of ether oxygens (including phenoxy) is 2. The molecule has 0 heterocycles. The van der Waals surface area contributed by atoms with Crippen LogP contribution in [0.25, 0.3) is 0 Å². The predicted octanol–water partition coefficient (Wildman–Crippen LogP) is 0.277. The number of carbonyl (C=O) groups is 4. The van der Waals surface area contributed by atoms with Crippen molar-refractivity contribution in [2.45, 2.75) is 27.2 Å². The van der Waals surface area contributed by atoms with Crippen LogP contribution in [0.4, 0.5) is 0 Å². The molecule has 0 unspecified atom stereocenters. The van der Waals surface area contributed by atoms with Crippen LogP contribution in [-0.4, -0.2) is 36.7 Å². The van der Waals surface area contributed by atoms with E-state index in [0.717, 1.165) is 0 Å². The molecule has 0 fully saturated rings. The molecule has 0 amide bonds. The van der Waals surface area contributed by atoms with Gasteiger partial charge in [0.05, 0.1) is 19.6 Å². The van der Waals surface area contributed by atoms with Crippen molar-refractivity contribution in [1.82, 2.24) is 0 Å². The zero-order chi connectivity index (χ0) is 13.4. The highest BCUT2D eigenvalue weighted by molar-refractivity contribution is 6.18. The molecule has 0 rings (SSSR count). The Balaban J connectivity index is 4.83. The Morgan fingerprint density at radius 1 is 0.941 bits per heavy atom. The van der Waals surface area contributed by atoms with Crippen molar-refractivity contribution in [2.75, 3.05) is 13.2 Å². The van der Waals surface area contributed by atoms with Crippen molar-refractivity contribution < 1.29 is 28.7 Å². The third-order valence-corrected chi connectivity index (χ3v) is 1.79. The Morgan fingerprint density at radius 3 is 1.65 bits per heavy atom. The van der Waals surface area contributed by atoms with Gasteiger partial charge in [0.1, 0.15) is 5.78 Å². The Labute approximate surface area is 99.3 Å². The lowest BCUT2D eigenvalue weighted by atomic mass is 10.0. The van der Waals surface area contributed by atoms with Crippen molar-refractivity contribution in [3.05, 3.63) is 0 Å². The van der Waals surface area contributed by atoms with Crippen LogP contribution in [-0.2, 0) is 28.7 Å². The first-order chi connectivity index (χ1) is 7.93.